The first-order valence-corrected chi connectivity index (χ1v) is 17.6. The van der Waals surface area contributed by atoms with E-state index in [9.17, 15) is 27.5 Å². The largest absolute Gasteiger partial charge is 0.490 e. The highest BCUT2D eigenvalue weighted by Gasteiger charge is 2.31. The van der Waals surface area contributed by atoms with Gasteiger partial charge in [0.2, 0.25) is 0 Å². The second kappa shape index (κ2) is 16.8. The van der Waals surface area contributed by atoms with Crippen molar-refractivity contribution in [1.29, 1.82) is 0 Å². The lowest BCUT2D eigenvalue weighted by atomic mass is 10.0. The van der Waals surface area contributed by atoms with E-state index in [0.29, 0.717) is 24.5 Å². The number of carbonyl (C=O) groups excluding carboxylic acids is 2. The fraction of sp³-hybridized carbons (Fsp3) is 0.429. The van der Waals surface area contributed by atoms with Crippen molar-refractivity contribution in [3.63, 3.8) is 0 Å². The van der Waals surface area contributed by atoms with Crippen LogP contribution in [0.2, 0.25) is 0 Å². The van der Waals surface area contributed by atoms with E-state index < -0.39 is 39.9 Å². The number of sulfonamides is 1. The zero-order valence-corrected chi connectivity index (χ0v) is 28.6. The number of hydrogen-bond acceptors (Lipinski definition) is 7. The van der Waals surface area contributed by atoms with Gasteiger partial charge in [-0.3, -0.25) is 9.52 Å². The van der Waals surface area contributed by atoms with Gasteiger partial charge in [0.25, 0.3) is 15.9 Å². The molecule has 3 N–H and O–H groups in total. The second-order valence-electron chi connectivity index (χ2n) is 12.2. The Morgan fingerprint density at radius 2 is 1.75 bits per heavy atom. The molecule has 4 rings (SSSR count). The SMILES string of the molecule is C[C@@H]1CCCCO[C@H](CN(C)C(=O)Nc2ccc(F)cc2)[C@@H](C)CN([C@H](C)CO)C(=O)c2cc(NS(=O)(=O)c3ccccc3)ccc2O1. The molecule has 1 aliphatic heterocycles. The van der Waals surface area contributed by atoms with Crippen molar-refractivity contribution in [2.75, 3.05) is 43.4 Å². The van der Waals surface area contributed by atoms with E-state index in [4.69, 9.17) is 9.47 Å². The molecule has 4 atom stereocenters. The second-order valence-corrected chi connectivity index (χ2v) is 13.9. The topological polar surface area (TPSA) is 138 Å². The predicted molar refractivity (Wildman–Crippen MR) is 182 cm³/mol. The first kappa shape index (κ1) is 36.6. The number of nitrogens with one attached hydrogen (secondary N) is 2. The average Bonchev–Trinajstić information content (AvgIpc) is 3.07. The van der Waals surface area contributed by atoms with Crippen LogP contribution in [0.4, 0.5) is 20.6 Å². The fourth-order valence-corrected chi connectivity index (χ4v) is 6.44. The van der Waals surface area contributed by atoms with Crippen LogP contribution in [0.1, 0.15) is 50.4 Å². The summed E-state index contributed by atoms with van der Waals surface area (Å²) in [5.74, 6) is -0.854. The van der Waals surface area contributed by atoms with E-state index in [1.165, 1.54) is 52.3 Å². The minimum Gasteiger partial charge on any atom is -0.490 e. The Labute approximate surface area is 282 Å². The van der Waals surface area contributed by atoms with Crippen LogP contribution in [0.3, 0.4) is 0 Å². The van der Waals surface area contributed by atoms with Gasteiger partial charge in [0.15, 0.2) is 0 Å². The van der Waals surface area contributed by atoms with Gasteiger partial charge in [-0.15, -0.1) is 0 Å². The maximum absolute atomic E-state index is 14.3. The number of urea groups is 1. The standard InChI is InChI=1S/C35H45FN4O7S/c1-24-21-40(25(2)23-41)34(42)31-20-29(38-48(44,45)30-11-6-5-7-12-30)17-18-32(31)47-26(3)10-8-9-19-46-33(24)22-39(4)35(43)37-28-15-13-27(36)14-16-28/h5-7,11-18,20,24-26,33,38,41H,8-10,19,21-23H2,1-4H3,(H,37,43)/t24-,25+,26+,33+/m0/s1. The summed E-state index contributed by atoms with van der Waals surface area (Å²) >= 11 is 0. The summed E-state index contributed by atoms with van der Waals surface area (Å²) < 4.78 is 54.6. The molecular weight excluding hydrogens is 639 g/mol. The zero-order chi connectivity index (χ0) is 34.8. The number of amides is 3. The Balaban J connectivity index is 1.62. The first-order chi connectivity index (χ1) is 22.9. The molecular formula is C35H45FN4O7S. The molecule has 0 aliphatic carbocycles. The number of likely N-dealkylation sites (N-methyl/N-ethyl adjacent to an activating group) is 1. The lowest BCUT2D eigenvalue weighted by Gasteiger charge is -2.35. The quantitative estimate of drug-likeness (QED) is 0.282. The molecule has 0 bridgehead atoms. The molecule has 0 saturated carbocycles. The van der Waals surface area contributed by atoms with Crippen molar-refractivity contribution in [2.24, 2.45) is 5.92 Å². The Bertz CT molecular complexity index is 1630. The molecule has 1 aliphatic rings. The normalized spacial score (nSPS) is 20.1. The van der Waals surface area contributed by atoms with Crippen LogP contribution >= 0.6 is 0 Å². The van der Waals surface area contributed by atoms with Gasteiger partial charge in [-0.25, -0.2) is 17.6 Å². The van der Waals surface area contributed by atoms with Crippen LogP contribution in [-0.4, -0.2) is 86.9 Å². The van der Waals surface area contributed by atoms with Crippen LogP contribution in [0.15, 0.2) is 77.7 Å². The number of halogens is 1. The third-order valence-corrected chi connectivity index (χ3v) is 9.65. The van der Waals surface area contributed by atoms with Gasteiger partial charge >= 0.3 is 6.03 Å². The van der Waals surface area contributed by atoms with Crippen molar-refractivity contribution in [3.8, 4) is 5.75 Å². The number of carbonyl (C=O) groups is 2. The molecule has 0 spiro atoms. The van der Waals surface area contributed by atoms with E-state index in [0.717, 1.165) is 12.8 Å². The molecule has 1 heterocycles. The van der Waals surface area contributed by atoms with Gasteiger partial charge in [0.1, 0.15) is 11.6 Å². The number of hydrogen-bond donors (Lipinski definition) is 3. The third kappa shape index (κ3) is 9.91. The van der Waals surface area contributed by atoms with Crippen molar-refractivity contribution < 1.29 is 37.0 Å². The van der Waals surface area contributed by atoms with Crippen molar-refractivity contribution in [1.82, 2.24) is 9.80 Å². The van der Waals surface area contributed by atoms with Gasteiger partial charge < -0.3 is 29.7 Å². The van der Waals surface area contributed by atoms with E-state index >= 15 is 0 Å². The zero-order valence-electron chi connectivity index (χ0n) is 27.8. The molecule has 0 saturated heterocycles. The number of fused-ring (bicyclic) bond motifs is 1. The minimum absolute atomic E-state index is 0.0768. The van der Waals surface area contributed by atoms with E-state index in [2.05, 4.69) is 10.0 Å². The van der Waals surface area contributed by atoms with E-state index in [1.54, 1.807) is 44.3 Å². The van der Waals surface area contributed by atoms with Gasteiger partial charge in [-0.2, -0.15) is 0 Å². The molecule has 0 radical (unpaired) electrons. The molecule has 3 aromatic rings. The van der Waals surface area contributed by atoms with Crippen LogP contribution in [0.25, 0.3) is 0 Å². The average molecular weight is 685 g/mol. The Morgan fingerprint density at radius 1 is 1.06 bits per heavy atom. The number of aliphatic hydroxyl groups excluding tert-OH is 1. The molecule has 0 unspecified atom stereocenters. The molecule has 0 fully saturated rings. The van der Waals surface area contributed by atoms with Crippen LogP contribution in [-0.2, 0) is 14.8 Å². The number of aliphatic hydroxyl groups is 1. The highest BCUT2D eigenvalue weighted by molar-refractivity contribution is 7.92. The summed E-state index contributed by atoms with van der Waals surface area (Å²) in [5, 5.41) is 12.9. The molecule has 0 aromatic heterocycles. The molecule has 3 amide bonds. The van der Waals surface area contributed by atoms with Gasteiger partial charge in [0.05, 0.1) is 35.3 Å². The Hall–Kier alpha value is -4.20. The Morgan fingerprint density at radius 3 is 2.44 bits per heavy atom. The molecule has 48 heavy (non-hydrogen) atoms. The summed E-state index contributed by atoms with van der Waals surface area (Å²) in [6.07, 6.45) is 1.47. The minimum atomic E-state index is -3.93. The van der Waals surface area contributed by atoms with Crippen molar-refractivity contribution in [3.05, 3.63) is 84.2 Å². The summed E-state index contributed by atoms with van der Waals surface area (Å²) in [5.41, 5.74) is 0.776. The molecule has 13 heteroatoms. The maximum Gasteiger partial charge on any atom is 0.321 e. The predicted octanol–water partition coefficient (Wildman–Crippen LogP) is 5.59. The van der Waals surface area contributed by atoms with Crippen LogP contribution < -0.4 is 14.8 Å². The number of nitrogens with zero attached hydrogens (tertiary/aromatic N) is 2. The maximum atomic E-state index is 14.3. The molecule has 260 valence electrons. The molecule has 11 nitrogen and oxygen atoms in total. The summed E-state index contributed by atoms with van der Waals surface area (Å²) in [6, 6.07) is 17.0. The monoisotopic (exact) mass is 684 g/mol. The van der Waals surface area contributed by atoms with Crippen LogP contribution in [0, 0.1) is 11.7 Å². The van der Waals surface area contributed by atoms with Crippen molar-refractivity contribution in [2.45, 2.75) is 63.2 Å². The van der Waals surface area contributed by atoms with E-state index in [1.807, 2.05) is 13.8 Å². The summed E-state index contributed by atoms with van der Waals surface area (Å²) in [4.78, 5) is 30.4. The van der Waals surface area contributed by atoms with E-state index in [-0.39, 0.29) is 47.9 Å². The summed E-state index contributed by atoms with van der Waals surface area (Å²) in [7, 11) is -2.30. The smallest absolute Gasteiger partial charge is 0.321 e. The number of ether oxygens (including phenoxy) is 2. The lowest BCUT2D eigenvalue weighted by molar-refractivity contribution is -0.0115. The highest BCUT2D eigenvalue weighted by atomic mass is 32.2. The number of benzene rings is 3. The van der Waals surface area contributed by atoms with Crippen LogP contribution in [0.5, 0.6) is 5.75 Å². The summed E-state index contributed by atoms with van der Waals surface area (Å²) in [6.45, 7) is 6.00. The first-order valence-electron chi connectivity index (χ1n) is 16.1. The van der Waals surface area contributed by atoms with Gasteiger partial charge in [0, 0.05) is 44.0 Å². The number of rotatable bonds is 8. The molecule has 3 aromatic carbocycles. The van der Waals surface area contributed by atoms with Gasteiger partial charge in [-0.1, -0.05) is 25.1 Å². The van der Waals surface area contributed by atoms with Crippen molar-refractivity contribution >= 4 is 33.3 Å². The third-order valence-electron chi connectivity index (χ3n) is 8.25. The Kier molecular flexibility index (Phi) is 12.8. The van der Waals surface area contributed by atoms with Gasteiger partial charge in [-0.05, 0) is 87.7 Å². The number of anilines is 2. The highest BCUT2D eigenvalue weighted by Crippen LogP contribution is 2.29. The lowest BCUT2D eigenvalue weighted by Crippen LogP contribution is -2.48. The fourth-order valence-electron chi connectivity index (χ4n) is 5.37.